The number of nitrogens with zero attached hydrogens (tertiary/aromatic N) is 6. The van der Waals surface area contributed by atoms with E-state index in [-0.39, 0.29) is 5.69 Å². The third kappa shape index (κ3) is 5.28. The number of rotatable bonds is 6. The average molecular weight is 518 g/mol. The first-order valence-electron chi connectivity index (χ1n) is 11.3. The van der Waals surface area contributed by atoms with Crippen molar-refractivity contribution in [1.82, 2.24) is 24.2 Å². The quantitative estimate of drug-likeness (QED) is 0.503. The molecule has 2 aliphatic heterocycles. The van der Waals surface area contributed by atoms with Crippen LogP contribution in [-0.2, 0) is 21.3 Å². The first-order chi connectivity index (χ1) is 16.8. The number of ether oxygens (including phenoxy) is 1. The fourth-order valence-electron chi connectivity index (χ4n) is 4.27. The van der Waals surface area contributed by atoms with Gasteiger partial charge in [-0.05, 0) is 18.2 Å². The Morgan fingerprint density at radius 1 is 1.11 bits per heavy atom. The first-order valence-corrected chi connectivity index (χ1v) is 14.0. The van der Waals surface area contributed by atoms with Crippen LogP contribution < -0.4 is 10.6 Å². The number of piperazine rings is 1. The van der Waals surface area contributed by atoms with Crippen LogP contribution in [0.15, 0.2) is 24.4 Å². The van der Waals surface area contributed by atoms with Crippen LogP contribution in [0.3, 0.4) is 0 Å². The summed E-state index contributed by atoms with van der Waals surface area (Å²) in [6, 6.07) is 5.42. The summed E-state index contributed by atoms with van der Waals surface area (Å²) in [4.78, 5) is 30.9. The number of carbonyl (C=O) groups is 1. The number of aromatic nitrogens is 3. The van der Waals surface area contributed by atoms with Gasteiger partial charge in [0.2, 0.25) is 10.0 Å². The monoisotopic (exact) mass is 517 g/mol. The third-order valence-corrected chi connectivity index (χ3v) is 8.58. The maximum atomic E-state index is 11.8. The molecule has 11 nitrogen and oxygen atoms in total. The summed E-state index contributed by atoms with van der Waals surface area (Å²) in [6.07, 6.45) is 2.83. The number of hydrogen-bond donors (Lipinski definition) is 1. The van der Waals surface area contributed by atoms with Gasteiger partial charge in [-0.15, -0.1) is 11.3 Å². The van der Waals surface area contributed by atoms with Crippen molar-refractivity contribution in [3.05, 3.63) is 35.0 Å². The summed E-state index contributed by atoms with van der Waals surface area (Å²) >= 11 is 1.67. The molecular formula is C22H27N7O4S2. The molecule has 2 fully saturated rings. The van der Waals surface area contributed by atoms with Crippen LogP contribution in [0.1, 0.15) is 15.4 Å². The van der Waals surface area contributed by atoms with Crippen molar-refractivity contribution in [3.8, 4) is 11.4 Å². The zero-order valence-corrected chi connectivity index (χ0v) is 21.0. The van der Waals surface area contributed by atoms with Crippen molar-refractivity contribution in [3.63, 3.8) is 0 Å². The molecule has 2 N–H and O–H groups in total. The Bertz CT molecular complexity index is 1330. The highest BCUT2D eigenvalue weighted by Gasteiger charge is 2.25. The Balaban J connectivity index is 1.45. The van der Waals surface area contributed by atoms with E-state index in [1.165, 1.54) is 10.6 Å². The molecule has 3 aromatic rings. The lowest BCUT2D eigenvalue weighted by Gasteiger charge is -2.32. The third-order valence-electron chi connectivity index (χ3n) is 6.17. The number of anilines is 1. The minimum absolute atomic E-state index is 0.192. The van der Waals surface area contributed by atoms with Gasteiger partial charge >= 0.3 is 0 Å². The van der Waals surface area contributed by atoms with E-state index < -0.39 is 15.9 Å². The topological polar surface area (TPSA) is 135 Å². The molecule has 1 amide bonds. The molecule has 0 spiro atoms. The first kappa shape index (κ1) is 24.0. The summed E-state index contributed by atoms with van der Waals surface area (Å²) in [5.41, 5.74) is 7.07. The van der Waals surface area contributed by atoms with E-state index in [0.717, 1.165) is 40.5 Å². The van der Waals surface area contributed by atoms with Gasteiger partial charge in [0.25, 0.3) is 5.91 Å². The lowest BCUT2D eigenvalue weighted by Crippen LogP contribution is -2.47. The van der Waals surface area contributed by atoms with Crippen LogP contribution in [0.5, 0.6) is 0 Å². The van der Waals surface area contributed by atoms with E-state index in [2.05, 4.69) is 20.9 Å². The molecule has 2 saturated heterocycles. The molecule has 35 heavy (non-hydrogen) atoms. The highest BCUT2D eigenvalue weighted by atomic mass is 32.2. The lowest BCUT2D eigenvalue weighted by molar-refractivity contribution is 0.0995. The minimum Gasteiger partial charge on any atom is -0.378 e. The number of morpholine rings is 1. The maximum Gasteiger partial charge on any atom is 0.267 e. The van der Waals surface area contributed by atoms with E-state index in [9.17, 15) is 13.2 Å². The van der Waals surface area contributed by atoms with Gasteiger partial charge in [0.05, 0.1) is 29.7 Å². The Morgan fingerprint density at radius 3 is 2.49 bits per heavy atom. The lowest BCUT2D eigenvalue weighted by atomic mass is 10.2. The van der Waals surface area contributed by atoms with E-state index in [4.69, 9.17) is 20.4 Å². The zero-order chi connectivity index (χ0) is 24.6. The van der Waals surface area contributed by atoms with Gasteiger partial charge in [-0.1, -0.05) is 0 Å². The zero-order valence-electron chi connectivity index (χ0n) is 19.4. The second-order valence-corrected chi connectivity index (χ2v) is 11.8. The van der Waals surface area contributed by atoms with Crippen LogP contribution in [0, 0.1) is 0 Å². The van der Waals surface area contributed by atoms with Crippen LogP contribution in [0.25, 0.3) is 21.6 Å². The number of amides is 1. The van der Waals surface area contributed by atoms with Crippen LogP contribution >= 0.6 is 11.3 Å². The molecule has 0 saturated carbocycles. The van der Waals surface area contributed by atoms with E-state index in [1.54, 1.807) is 29.7 Å². The number of sulfonamides is 1. The Labute approximate surface area is 207 Å². The summed E-state index contributed by atoms with van der Waals surface area (Å²) < 4.78 is 31.7. The molecule has 0 atom stereocenters. The number of hydrogen-bond acceptors (Lipinski definition) is 10. The van der Waals surface area contributed by atoms with Crippen molar-refractivity contribution in [2.75, 3.05) is 63.6 Å². The summed E-state index contributed by atoms with van der Waals surface area (Å²) in [6.45, 7) is 5.86. The summed E-state index contributed by atoms with van der Waals surface area (Å²) in [5, 5.41) is 0. The predicted octanol–water partition coefficient (Wildman–Crippen LogP) is 0.766. The molecule has 13 heteroatoms. The predicted molar refractivity (Wildman–Crippen MR) is 134 cm³/mol. The minimum atomic E-state index is -3.15. The van der Waals surface area contributed by atoms with Crippen LogP contribution in [-0.4, -0.2) is 97.2 Å². The second-order valence-electron chi connectivity index (χ2n) is 8.63. The van der Waals surface area contributed by atoms with Gasteiger partial charge in [-0.25, -0.2) is 18.4 Å². The van der Waals surface area contributed by atoms with Gasteiger partial charge in [0.1, 0.15) is 5.69 Å². The Hall–Kier alpha value is -2.71. The molecule has 0 aromatic carbocycles. The smallest absolute Gasteiger partial charge is 0.267 e. The molecule has 0 unspecified atom stereocenters. The number of pyridine rings is 1. The molecule has 5 heterocycles. The van der Waals surface area contributed by atoms with E-state index >= 15 is 0 Å². The molecule has 186 valence electrons. The number of primary amides is 1. The molecule has 0 bridgehead atoms. The highest BCUT2D eigenvalue weighted by molar-refractivity contribution is 7.88. The standard InChI is InChI=1S/C22H27N7O4S2/c1-35(31,32)29-6-4-27(5-7-29)14-16-12-18-19(34-16)22(28-8-10-33-11-9-28)26-21(25-18)15-2-3-17(20(23)30)24-13-15/h2-3,12-13H,4-11,14H2,1H3,(H2,23,30). The number of nitrogens with two attached hydrogens (primary N) is 1. The Kier molecular flexibility index (Phi) is 6.68. The molecule has 5 rings (SSSR count). The second kappa shape index (κ2) is 9.74. The average Bonchev–Trinajstić information content (AvgIpc) is 3.26. The van der Waals surface area contributed by atoms with Crippen molar-refractivity contribution in [1.29, 1.82) is 0 Å². The number of fused-ring (bicyclic) bond motifs is 1. The maximum absolute atomic E-state index is 11.8. The molecule has 2 aliphatic rings. The fourth-order valence-corrected chi connectivity index (χ4v) is 6.25. The summed E-state index contributed by atoms with van der Waals surface area (Å²) in [5.74, 6) is 0.820. The van der Waals surface area contributed by atoms with E-state index in [0.29, 0.717) is 50.8 Å². The molecule has 3 aromatic heterocycles. The van der Waals surface area contributed by atoms with Gasteiger partial charge in [-0.3, -0.25) is 14.7 Å². The molecule has 0 aliphatic carbocycles. The Morgan fingerprint density at radius 2 is 1.86 bits per heavy atom. The van der Waals surface area contributed by atoms with Crippen LogP contribution in [0.2, 0.25) is 0 Å². The fraction of sp³-hybridized carbons (Fsp3) is 0.455. The highest BCUT2D eigenvalue weighted by Crippen LogP contribution is 2.35. The van der Waals surface area contributed by atoms with Crippen molar-refractivity contribution in [2.24, 2.45) is 5.73 Å². The normalized spacial score (nSPS) is 18.3. The molecular weight excluding hydrogens is 490 g/mol. The van der Waals surface area contributed by atoms with Crippen molar-refractivity contribution in [2.45, 2.75) is 6.54 Å². The van der Waals surface area contributed by atoms with Gasteiger partial charge in [-0.2, -0.15) is 4.31 Å². The van der Waals surface area contributed by atoms with Gasteiger partial charge < -0.3 is 15.4 Å². The van der Waals surface area contributed by atoms with Gasteiger partial charge in [0, 0.05) is 62.5 Å². The van der Waals surface area contributed by atoms with Gasteiger partial charge in [0.15, 0.2) is 11.6 Å². The van der Waals surface area contributed by atoms with Crippen molar-refractivity contribution < 1.29 is 17.9 Å². The number of thiophene rings is 1. The summed E-state index contributed by atoms with van der Waals surface area (Å²) in [7, 11) is -3.15. The number of carbonyl (C=O) groups excluding carboxylic acids is 1. The van der Waals surface area contributed by atoms with E-state index in [1.807, 2.05) is 0 Å². The van der Waals surface area contributed by atoms with Crippen molar-refractivity contribution >= 4 is 43.3 Å². The largest absolute Gasteiger partial charge is 0.378 e. The van der Waals surface area contributed by atoms with Crippen LogP contribution in [0.4, 0.5) is 5.82 Å². The molecule has 0 radical (unpaired) electrons. The SMILES string of the molecule is CS(=O)(=O)N1CCN(Cc2cc3nc(-c4ccc(C(N)=O)nc4)nc(N4CCOCC4)c3s2)CC1.